The number of para-hydroxylation sites is 2. The van der Waals surface area contributed by atoms with Crippen LogP contribution in [0, 0.1) is 6.92 Å². The molecule has 1 N–H and O–H groups in total. The molecule has 1 aromatic carbocycles. The predicted octanol–water partition coefficient (Wildman–Crippen LogP) is 2.78. The van der Waals surface area contributed by atoms with Gasteiger partial charge >= 0.3 is 11.8 Å². The highest BCUT2D eigenvalue weighted by Gasteiger charge is 2.30. The molecule has 1 saturated heterocycles. The number of carbonyl (C=O) groups is 1. The molecule has 1 aliphatic rings. The van der Waals surface area contributed by atoms with Crippen molar-refractivity contribution in [2.45, 2.75) is 19.4 Å². The second-order valence-corrected chi connectivity index (χ2v) is 6.21. The highest BCUT2D eigenvalue weighted by molar-refractivity contribution is 5.89. The zero-order chi connectivity index (χ0) is 17.4. The fraction of sp³-hybridized carbons (Fsp3) is 0.278. The van der Waals surface area contributed by atoms with Gasteiger partial charge in [0, 0.05) is 30.7 Å². The van der Waals surface area contributed by atoms with Gasteiger partial charge in [-0.1, -0.05) is 12.1 Å². The van der Waals surface area contributed by atoms with Gasteiger partial charge < -0.3 is 14.6 Å². The Morgan fingerprint density at radius 1 is 1.32 bits per heavy atom. The average molecular weight is 338 g/mol. The van der Waals surface area contributed by atoms with Gasteiger partial charge in [0.1, 0.15) is 0 Å². The minimum absolute atomic E-state index is 0.0823. The molecule has 7 heteroatoms. The van der Waals surface area contributed by atoms with Gasteiger partial charge in [-0.15, -0.1) is 0 Å². The fourth-order valence-corrected chi connectivity index (χ4v) is 3.29. The van der Waals surface area contributed by atoms with Gasteiger partial charge in [0.15, 0.2) is 5.58 Å². The van der Waals surface area contributed by atoms with Crippen LogP contribution in [0.15, 0.2) is 51.8 Å². The molecule has 0 spiro atoms. The Labute approximate surface area is 143 Å². The minimum atomic E-state index is -0.377. The van der Waals surface area contributed by atoms with Crippen molar-refractivity contribution in [3.8, 4) is 0 Å². The van der Waals surface area contributed by atoms with Crippen LogP contribution in [0.3, 0.4) is 0 Å². The molecular weight excluding hydrogens is 320 g/mol. The number of oxazole rings is 1. The number of benzene rings is 1. The quantitative estimate of drug-likeness (QED) is 0.779. The van der Waals surface area contributed by atoms with Crippen molar-refractivity contribution >= 4 is 22.8 Å². The van der Waals surface area contributed by atoms with Gasteiger partial charge in [-0.2, -0.15) is 0 Å². The van der Waals surface area contributed by atoms with Gasteiger partial charge in [0.05, 0.1) is 11.6 Å². The van der Waals surface area contributed by atoms with Crippen molar-refractivity contribution in [1.29, 1.82) is 0 Å². The first-order valence-corrected chi connectivity index (χ1v) is 8.20. The summed E-state index contributed by atoms with van der Waals surface area (Å²) in [4.78, 5) is 30.5. The van der Waals surface area contributed by atoms with Crippen molar-refractivity contribution in [3.05, 3.63) is 58.8 Å². The first-order chi connectivity index (χ1) is 12.1. The van der Waals surface area contributed by atoms with Crippen molar-refractivity contribution in [2.24, 2.45) is 0 Å². The van der Waals surface area contributed by atoms with Crippen LogP contribution in [-0.2, 0) is 0 Å². The Kier molecular flexibility index (Phi) is 3.76. The molecule has 0 radical (unpaired) electrons. The first kappa shape index (κ1) is 15.4. The minimum Gasteiger partial charge on any atom is -0.408 e. The monoisotopic (exact) mass is 338 g/mol. The molecule has 1 atom stereocenters. The maximum atomic E-state index is 12.5. The number of likely N-dealkylation sites (tertiary alicyclic amines) is 1. The zero-order valence-electron chi connectivity index (χ0n) is 13.8. The lowest BCUT2D eigenvalue weighted by Crippen LogP contribution is -2.34. The number of urea groups is 1. The van der Waals surface area contributed by atoms with Gasteiger partial charge in [0.2, 0.25) is 0 Å². The van der Waals surface area contributed by atoms with Crippen molar-refractivity contribution in [2.75, 3.05) is 18.4 Å². The number of pyridine rings is 1. The highest BCUT2D eigenvalue weighted by atomic mass is 16.4. The van der Waals surface area contributed by atoms with E-state index < -0.39 is 0 Å². The number of fused-ring (bicyclic) bond motifs is 1. The van der Waals surface area contributed by atoms with E-state index in [-0.39, 0.29) is 17.8 Å². The van der Waals surface area contributed by atoms with E-state index in [1.165, 1.54) is 0 Å². The zero-order valence-corrected chi connectivity index (χ0v) is 13.8. The van der Waals surface area contributed by atoms with Crippen LogP contribution >= 0.6 is 0 Å². The smallest absolute Gasteiger partial charge is 0.408 e. The molecule has 0 bridgehead atoms. The standard InChI is InChI=1S/C18H18N4O3/c1-12-10-13(6-8-19-12)20-17(23)21-9-7-14(11-21)22-15-4-2-3-5-16(15)25-18(22)24/h2-6,8,10,14H,7,9,11H2,1H3,(H,19,20,23). The van der Waals surface area contributed by atoms with E-state index in [4.69, 9.17) is 4.42 Å². The topological polar surface area (TPSA) is 80.4 Å². The predicted molar refractivity (Wildman–Crippen MR) is 93.7 cm³/mol. The Hall–Kier alpha value is -3.09. The summed E-state index contributed by atoms with van der Waals surface area (Å²) in [7, 11) is 0. The summed E-state index contributed by atoms with van der Waals surface area (Å²) in [6.45, 7) is 2.93. The number of aryl methyl sites for hydroxylation is 1. The number of rotatable bonds is 2. The maximum absolute atomic E-state index is 12.5. The van der Waals surface area contributed by atoms with Crippen molar-refractivity contribution < 1.29 is 9.21 Å². The number of nitrogens with zero attached hydrogens (tertiary/aromatic N) is 3. The van der Waals surface area contributed by atoms with Crippen molar-refractivity contribution in [3.63, 3.8) is 0 Å². The summed E-state index contributed by atoms with van der Waals surface area (Å²) in [5, 5.41) is 2.88. The van der Waals surface area contributed by atoms with E-state index >= 15 is 0 Å². The van der Waals surface area contributed by atoms with E-state index in [0.717, 1.165) is 11.2 Å². The molecule has 25 heavy (non-hydrogen) atoms. The van der Waals surface area contributed by atoms with Gasteiger partial charge in [-0.05, 0) is 37.6 Å². The van der Waals surface area contributed by atoms with Gasteiger partial charge in [-0.3, -0.25) is 9.55 Å². The van der Waals surface area contributed by atoms with Crippen LogP contribution in [-0.4, -0.2) is 33.6 Å². The third kappa shape index (κ3) is 2.88. The largest absolute Gasteiger partial charge is 0.420 e. The summed E-state index contributed by atoms with van der Waals surface area (Å²) >= 11 is 0. The van der Waals surface area contributed by atoms with E-state index in [0.29, 0.717) is 30.8 Å². The molecular formula is C18H18N4O3. The summed E-state index contributed by atoms with van der Waals surface area (Å²) < 4.78 is 6.95. The molecule has 128 valence electrons. The summed E-state index contributed by atoms with van der Waals surface area (Å²) in [6.07, 6.45) is 2.38. The molecule has 7 nitrogen and oxygen atoms in total. The first-order valence-electron chi connectivity index (χ1n) is 8.20. The van der Waals surface area contributed by atoms with Gasteiger partial charge in [-0.25, -0.2) is 9.59 Å². The number of aromatic nitrogens is 2. The van der Waals surface area contributed by atoms with E-state index in [9.17, 15) is 9.59 Å². The molecule has 0 saturated carbocycles. The van der Waals surface area contributed by atoms with E-state index in [1.807, 2.05) is 31.2 Å². The highest BCUT2D eigenvalue weighted by Crippen LogP contribution is 2.25. The Morgan fingerprint density at radius 2 is 2.16 bits per heavy atom. The summed E-state index contributed by atoms with van der Waals surface area (Å²) in [5.41, 5.74) is 2.90. The molecule has 3 aromatic rings. The van der Waals surface area contributed by atoms with Crippen LogP contribution in [0.5, 0.6) is 0 Å². The third-order valence-corrected chi connectivity index (χ3v) is 4.48. The molecule has 1 fully saturated rings. The lowest BCUT2D eigenvalue weighted by atomic mass is 10.2. The number of hydrogen-bond donors (Lipinski definition) is 1. The molecule has 4 rings (SSSR count). The Morgan fingerprint density at radius 3 is 3.00 bits per heavy atom. The summed E-state index contributed by atoms with van der Waals surface area (Å²) in [5.74, 6) is -0.377. The number of hydrogen-bond acceptors (Lipinski definition) is 4. The lowest BCUT2D eigenvalue weighted by molar-refractivity contribution is 0.220. The number of nitrogens with one attached hydrogen (secondary N) is 1. The molecule has 0 aliphatic carbocycles. The summed E-state index contributed by atoms with van der Waals surface area (Å²) in [6, 6.07) is 10.7. The van der Waals surface area contributed by atoms with Crippen LogP contribution in [0.25, 0.3) is 11.1 Å². The second-order valence-electron chi connectivity index (χ2n) is 6.21. The third-order valence-electron chi connectivity index (χ3n) is 4.48. The fourth-order valence-electron chi connectivity index (χ4n) is 3.29. The van der Waals surface area contributed by atoms with Crippen LogP contribution in [0.2, 0.25) is 0 Å². The molecule has 1 unspecified atom stereocenters. The Bertz CT molecular complexity index is 991. The van der Waals surface area contributed by atoms with Crippen LogP contribution in [0.1, 0.15) is 18.2 Å². The Balaban J connectivity index is 1.52. The maximum Gasteiger partial charge on any atom is 0.420 e. The van der Waals surface area contributed by atoms with E-state index in [2.05, 4.69) is 10.3 Å². The normalized spacial score (nSPS) is 17.2. The van der Waals surface area contributed by atoms with E-state index in [1.54, 1.807) is 27.8 Å². The van der Waals surface area contributed by atoms with Crippen molar-refractivity contribution in [1.82, 2.24) is 14.5 Å². The lowest BCUT2D eigenvalue weighted by Gasteiger charge is -2.17. The molecule has 2 amide bonds. The number of carbonyl (C=O) groups excluding carboxylic acids is 1. The van der Waals surface area contributed by atoms with Crippen LogP contribution < -0.4 is 11.1 Å². The molecule has 1 aliphatic heterocycles. The molecule has 3 heterocycles. The molecule has 2 aromatic heterocycles. The number of amides is 2. The average Bonchev–Trinajstić information content (AvgIpc) is 3.18. The SMILES string of the molecule is Cc1cc(NC(=O)N2CCC(n3c(=O)oc4ccccc43)C2)ccn1. The number of anilines is 1. The second kappa shape index (κ2) is 6.08. The van der Waals surface area contributed by atoms with Crippen LogP contribution in [0.4, 0.5) is 10.5 Å². The van der Waals surface area contributed by atoms with Gasteiger partial charge in [0.25, 0.3) is 0 Å².